The molecule has 0 aliphatic heterocycles. The van der Waals surface area contributed by atoms with Gasteiger partial charge in [0, 0.05) is 31.9 Å². The molecule has 147 valence electrons. The van der Waals surface area contributed by atoms with Gasteiger partial charge in [0.2, 0.25) is 0 Å². The molecule has 2 aromatic heterocycles. The quantitative estimate of drug-likeness (QED) is 0.431. The van der Waals surface area contributed by atoms with Crippen molar-refractivity contribution in [2.75, 3.05) is 0 Å². The van der Waals surface area contributed by atoms with Crippen molar-refractivity contribution in [1.29, 1.82) is 0 Å². The molecule has 0 saturated heterocycles. The van der Waals surface area contributed by atoms with Crippen molar-refractivity contribution >= 4 is 0 Å². The van der Waals surface area contributed by atoms with Crippen molar-refractivity contribution in [1.82, 2.24) is 19.9 Å². The van der Waals surface area contributed by atoms with Crippen LogP contribution in [-0.2, 0) is 30.9 Å². The van der Waals surface area contributed by atoms with Gasteiger partial charge in [0.05, 0.1) is 0 Å². The Kier molecular flexibility index (Phi) is 5.19. The Labute approximate surface area is 176 Å². The van der Waals surface area contributed by atoms with Crippen LogP contribution in [0.25, 0.3) is 22.6 Å². The van der Waals surface area contributed by atoms with E-state index in [1.807, 2.05) is 0 Å². The van der Waals surface area contributed by atoms with E-state index < -0.39 is 12.2 Å². The molecule has 0 bridgehead atoms. The summed E-state index contributed by atoms with van der Waals surface area (Å²) in [5.74, 6) is -0.0835. The van der Waals surface area contributed by atoms with E-state index in [0.29, 0.717) is 5.56 Å². The van der Waals surface area contributed by atoms with E-state index in [1.165, 1.54) is 17.3 Å². The molecule has 2 heterocycles. The van der Waals surface area contributed by atoms with Crippen LogP contribution in [0, 0.1) is 18.2 Å². The van der Waals surface area contributed by atoms with Gasteiger partial charge in [0.1, 0.15) is 0 Å². The molecule has 1 radical (unpaired) electrons. The number of rotatable bonds is 2. The van der Waals surface area contributed by atoms with Gasteiger partial charge in [-0.2, -0.15) is 23.7 Å². The van der Waals surface area contributed by atoms with Gasteiger partial charge in [-0.3, -0.25) is 0 Å². The van der Waals surface area contributed by atoms with E-state index in [4.69, 9.17) is 0 Å². The van der Waals surface area contributed by atoms with E-state index in [-0.39, 0.29) is 36.8 Å². The zero-order valence-corrected chi connectivity index (χ0v) is 18.4. The van der Waals surface area contributed by atoms with Gasteiger partial charge >= 0.3 is 12.2 Å². The average molecular weight is 558 g/mol. The molecule has 28 heavy (non-hydrogen) atoms. The van der Waals surface area contributed by atoms with Gasteiger partial charge in [0.15, 0.2) is 5.82 Å². The first-order valence-electron chi connectivity index (χ1n) is 8.76. The molecule has 7 heteroatoms. The molecule has 0 atom stereocenters. The Balaban J connectivity index is 0.00000225. The van der Waals surface area contributed by atoms with E-state index in [1.54, 1.807) is 12.1 Å². The molecule has 4 rings (SSSR count). The SMILES string of the molecule is CC1(C)CC(C)(C)c2cc(-c3ccc(-c4nc(F)nc(F)n4)cn3)[c-]cc21.[Ir]. The maximum Gasteiger partial charge on any atom is 0.314 e. The number of hydrogen-bond acceptors (Lipinski definition) is 4. The van der Waals surface area contributed by atoms with Crippen LogP contribution in [-0.4, -0.2) is 19.9 Å². The number of hydrogen-bond donors (Lipinski definition) is 0. The van der Waals surface area contributed by atoms with Crippen molar-refractivity contribution in [3.63, 3.8) is 0 Å². The molecular weight excluding hydrogens is 538 g/mol. The zero-order chi connectivity index (χ0) is 19.4. The van der Waals surface area contributed by atoms with Crippen LogP contribution in [0.5, 0.6) is 0 Å². The maximum absolute atomic E-state index is 13.2. The van der Waals surface area contributed by atoms with E-state index in [9.17, 15) is 8.78 Å². The van der Waals surface area contributed by atoms with Gasteiger partial charge in [-0.15, -0.1) is 34.9 Å². The van der Waals surface area contributed by atoms with Crippen molar-refractivity contribution in [2.45, 2.75) is 44.9 Å². The van der Waals surface area contributed by atoms with E-state index in [2.05, 4.69) is 65.8 Å². The van der Waals surface area contributed by atoms with Gasteiger partial charge in [-0.25, -0.2) is 0 Å². The summed E-state index contributed by atoms with van der Waals surface area (Å²) in [7, 11) is 0. The van der Waals surface area contributed by atoms with Crippen LogP contribution in [0.15, 0.2) is 30.5 Å². The number of aromatic nitrogens is 4. The molecule has 1 aliphatic carbocycles. The Morgan fingerprint density at radius 3 is 2.18 bits per heavy atom. The summed E-state index contributed by atoms with van der Waals surface area (Å²) in [6, 6.07) is 11.0. The van der Waals surface area contributed by atoms with Crippen LogP contribution in [0.1, 0.15) is 45.2 Å². The minimum atomic E-state index is -1.15. The predicted molar refractivity (Wildman–Crippen MR) is 97.9 cm³/mol. The van der Waals surface area contributed by atoms with Gasteiger partial charge < -0.3 is 4.98 Å². The Morgan fingerprint density at radius 1 is 0.929 bits per heavy atom. The molecule has 1 aromatic carbocycles. The summed E-state index contributed by atoms with van der Waals surface area (Å²) >= 11 is 0. The molecule has 3 aromatic rings. The molecule has 4 nitrogen and oxygen atoms in total. The van der Waals surface area contributed by atoms with E-state index >= 15 is 0 Å². The second kappa shape index (κ2) is 7.05. The fourth-order valence-electron chi connectivity index (χ4n) is 4.19. The number of nitrogens with zero attached hydrogens (tertiary/aromatic N) is 4. The van der Waals surface area contributed by atoms with Gasteiger partial charge in [0.25, 0.3) is 0 Å². The van der Waals surface area contributed by atoms with Crippen molar-refractivity contribution in [3.05, 3.63) is 59.8 Å². The summed E-state index contributed by atoms with van der Waals surface area (Å²) in [5.41, 5.74) is 4.89. The second-order valence-electron chi connectivity index (χ2n) is 8.25. The summed E-state index contributed by atoms with van der Waals surface area (Å²) in [6.45, 7) is 9.03. The number of halogens is 2. The van der Waals surface area contributed by atoms with Crippen molar-refractivity contribution < 1.29 is 28.9 Å². The average Bonchev–Trinajstić information content (AvgIpc) is 2.78. The summed E-state index contributed by atoms with van der Waals surface area (Å²) < 4.78 is 26.4. The molecule has 0 unspecified atom stereocenters. The first kappa shape index (κ1) is 20.6. The van der Waals surface area contributed by atoms with Crippen LogP contribution in [0.3, 0.4) is 0 Å². The number of fused-ring (bicyclic) bond motifs is 1. The molecule has 0 saturated carbocycles. The number of benzene rings is 1. The molecule has 1 aliphatic rings. The second-order valence-corrected chi connectivity index (χ2v) is 8.25. The first-order valence-corrected chi connectivity index (χ1v) is 8.76. The maximum atomic E-state index is 13.2. The monoisotopic (exact) mass is 558 g/mol. The van der Waals surface area contributed by atoms with Crippen molar-refractivity contribution in [2.24, 2.45) is 0 Å². The van der Waals surface area contributed by atoms with Crippen LogP contribution < -0.4 is 0 Å². The van der Waals surface area contributed by atoms with Crippen LogP contribution in [0.2, 0.25) is 0 Å². The molecule has 0 amide bonds. The van der Waals surface area contributed by atoms with Crippen LogP contribution in [0.4, 0.5) is 8.78 Å². The molecule has 0 fully saturated rings. The minimum Gasteiger partial charge on any atom is -0.304 e. The predicted octanol–water partition coefficient (Wildman–Crippen LogP) is 4.64. The molecule has 0 spiro atoms. The summed E-state index contributed by atoms with van der Waals surface area (Å²) in [4.78, 5) is 14.3. The van der Waals surface area contributed by atoms with Crippen molar-refractivity contribution in [3.8, 4) is 22.6 Å². The minimum absolute atomic E-state index is 0. The van der Waals surface area contributed by atoms with Crippen LogP contribution >= 0.6 is 0 Å². The molecular formula is C21H19F2IrN4-. The van der Waals surface area contributed by atoms with Gasteiger partial charge in [-0.05, 0) is 22.9 Å². The fourth-order valence-corrected chi connectivity index (χ4v) is 4.19. The Bertz CT molecular complexity index is 1010. The summed E-state index contributed by atoms with van der Waals surface area (Å²) in [5, 5.41) is 0. The third-order valence-corrected chi connectivity index (χ3v) is 5.17. The Hall–Kier alpha value is -2.11. The van der Waals surface area contributed by atoms with E-state index in [0.717, 1.165) is 17.7 Å². The first-order chi connectivity index (χ1) is 12.7. The smallest absolute Gasteiger partial charge is 0.304 e. The largest absolute Gasteiger partial charge is 0.314 e. The topological polar surface area (TPSA) is 51.6 Å². The summed E-state index contributed by atoms with van der Waals surface area (Å²) in [6.07, 6.45) is 0.270. The number of pyridine rings is 1. The Morgan fingerprint density at radius 2 is 1.57 bits per heavy atom. The van der Waals surface area contributed by atoms with Gasteiger partial charge in [-0.1, -0.05) is 39.8 Å². The third kappa shape index (κ3) is 3.61. The third-order valence-electron chi connectivity index (χ3n) is 5.17. The fraction of sp³-hybridized carbons (Fsp3) is 0.333. The molecule has 0 N–H and O–H groups in total. The zero-order valence-electron chi connectivity index (χ0n) is 16.0. The normalized spacial score (nSPS) is 16.4. The standard InChI is InChI=1S/C21H19F2N4.Ir/c1-20(2)11-21(3,4)15-9-12(5-7-14(15)20)16-8-6-13(10-24-16)17-25-18(22)27-19(23)26-17;/h6-10H,11H2,1-4H3;/q-1;.